The van der Waals surface area contributed by atoms with Crippen LogP contribution in [0.5, 0.6) is 5.75 Å². The Labute approximate surface area is 269 Å². The smallest absolute Gasteiger partial charge is 0.409 e. The molecule has 250 valence electrons. The van der Waals surface area contributed by atoms with E-state index in [0.717, 1.165) is 11.1 Å². The molecule has 4 heterocycles. The number of esters is 1. The zero-order valence-corrected chi connectivity index (χ0v) is 28.1. The third-order valence-corrected chi connectivity index (χ3v) is 9.64. The Kier molecular flexibility index (Phi) is 10.4. The van der Waals surface area contributed by atoms with E-state index in [4.69, 9.17) is 35.3 Å². The summed E-state index contributed by atoms with van der Waals surface area (Å²) in [6, 6.07) is 3.03. The number of anilines is 1. The average molecular weight is 652 g/mol. The summed E-state index contributed by atoms with van der Waals surface area (Å²) in [5.74, 6) is -0.493. The van der Waals surface area contributed by atoms with Gasteiger partial charge in [0.25, 0.3) is 0 Å². The number of likely N-dealkylation sites (N-methyl/N-ethyl adjacent to an activating group) is 1. The second-order valence-electron chi connectivity index (χ2n) is 12.8. The molecule has 4 aliphatic rings. The molecule has 0 saturated carbocycles. The number of fused-ring (bicyclic) bond motifs is 7. The first-order valence-electron chi connectivity index (χ1n) is 15.2. The molecular weight excluding hydrogens is 606 g/mol. The van der Waals surface area contributed by atoms with Crippen LogP contribution in [-0.2, 0) is 35.0 Å². The highest BCUT2D eigenvalue weighted by atomic mass is 35.5. The normalized spacial score (nSPS) is 34.4. The van der Waals surface area contributed by atoms with Gasteiger partial charge in [-0.05, 0) is 71.7 Å². The maximum atomic E-state index is 13.8. The van der Waals surface area contributed by atoms with Gasteiger partial charge in [0.05, 0.1) is 19.2 Å². The van der Waals surface area contributed by atoms with Crippen molar-refractivity contribution in [3.05, 3.63) is 34.4 Å². The number of nitrogens with zero attached hydrogens (tertiary/aromatic N) is 1. The lowest BCUT2D eigenvalue weighted by Gasteiger charge is -2.59. The summed E-state index contributed by atoms with van der Waals surface area (Å²) in [7, 11) is 6.25. The number of hydrogen-bond acceptors (Lipinski definition) is 10. The number of ether oxygens (including phenoxy) is 5. The minimum atomic E-state index is -1.72. The van der Waals surface area contributed by atoms with Crippen molar-refractivity contribution in [2.75, 3.05) is 33.2 Å². The Balaban J connectivity index is 1.77. The summed E-state index contributed by atoms with van der Waals surface area (Å²) in [6.45, 7) is 7.17. The van der Waals surface area contributed by atoms with E-state index in [1.807, 2.05) is 25.1 Å². The number of hydrogen-bond donors (Lipinski definition) is 3. The summed E-state index contributed by atoms with van der Waals surface area (Å²) < 4.78 is 29.3. The van der Waals surface area contributed by atoms with Crippen molar-refractivity contribution in [3.63, 3.8) is 0 Å². The summed E-state index contributed by atoms with van der Waals surface area (Å²) in [5, 5.41) is 17.4. The minimum Gasteiger partial charge on any atom is -0.495 e. The molecule has 0 aromatic heterocycles. The predicted octanol–water partition coefficient (Wildman–Crippen LogP) is 3.64. The lowest BCUT2D eigenvalue weighted by atomic mass is 9.72. The molecule has 7 atom stereocenters. The SMILES string of the molecule is CN[C@@H](C)C(=O)O[C@H]1CC(=O)N(C)c2cc(cc(OC)c2Cl)C/C(C)=C/CC[C@@H](OC)[C@@]2(O)C[C@H](OC(=O)N2)C2(C)C[C@@]1(C)O2. The largest absolute Gasteiger partial charge is 0.495 e. The number of nitrogens with one attached hydrogen (secondary N) is 2. The maximum Gasteiger partial charge on any atom is 0.409 e. The molecule has 2 amide bonds. The molecule has 0 spiro atoms. The van der Waals surface area contributed by atoms with Crippen LogP contribution in [0.1, 0.15) is 65.4 Å². The Morgan fingerprint density at radius 3 is 2.53 bits per heavy atom. The molecule has 13 heteroatoms. The lowest BCUT2D eigenvalue weighted by molar-refractivity contribution is -0.329. The molecule has 5 rings (SSSR count). The van der Waals surface area contributed by atoms with Crippen LogP contribution in [-0.4, -0.2) is 92.7 Å². The van der Waals surface area contributed by atoms with Gasteiger partial charge in [-0.25, -0.2) is 4.79 Å². The van der Waals surface area contributed by atoms with Crippen LogP contribution in [0.25, 0.3) is 0 Å². The molecule has 4 aliphatic heterocycles. The van der Waals surface area contributed by atoms with Crippen molar-refractivity contribution in [3.8, 4) is 5.75 Å². The molecular formula is C32H46ClN3O9. The molecule has 3 N–H and O–H groups in total. The first kappa shape index (κ1) is 35.0. The number of aliphatic hydroxyl groups is 1. The monoisotopic (exact) mass is 651 g/mol. The number of alkyl carbamates (subject to hydrolysis) is 1. The molecule has 45 heavy (non-hydrogen) atoms. The van der Waals surface area contributed by atoms with Crippen LogP contribution in [0, 0.1) is 0 Å². The second-order valence-corrected chi connectivity index (χ2v) is 13.2. The van der Waals surface area contributed by atoms with Gasteiger partial charge in [0, 0.05) is 27.0 Å². The van der Waals surface area contributed by atoms with E-state index < -0.39 is 53.3 Å². The van der Waals surface area contributed by atoms with Crippen LogP contribution in [0.4, 0.5) is 10.5 Å². The summed E-state index contributed by atoms with van der Waals surface area (Å²) in [5.41, 5.74) is -1.52. The number of benzene rings is 1. The highest BCUT2D eigenvalue weighted by Gasteiger charge is 2.63. The van der Waals surface area contributed by atoms with E-state index in [-0.39, 0.29) is 30.2 Å². The van der Waals surface area contributed by atoms with Crippen LogP contribution in [0.2, 0.25) is 5.02 Å². The lowest BCUT2D eigenvalue weighted by Crippen LogP contribution is -2.73. The quantitative estimate of drug-likeness (QED) is 0.319. The number of amides is 2. The van der Waals surface area contributed by atoms with Gasteiger partial charge in [-0.2, -0.15) is 0 Å². The molecule has 0 radical (unpaired) electrons. The first-order chi connectivity index (χ1) is 21.1. The fraction of sp³-hybridized carbons (Fsp3) is 0.656. The fourth-order valence-electron chi connectivity index (χ4n) is 6.58. The zero-order chi connectivity index (χ0) is 33.3. The van der Waals surface area contributed by atoms with E-state index in [9.17, 15) is 19.5 Å². The van der Waals surface area contributed by atoms with E-state index in [1.54, 1.807) is 34.9 Å². The van der Waals surface area contributed by atoms with Crippen LogP contribution in [0.3, 0.4) is 0 Å². The van der Waals surface area contributed by atoms with E-state index in [2.05, 4.69) is 10.6 Å². The van der Waals surface area contributed by atoms with Gasteiger partial charge in [-0.15, -0.1) is 0 Å². The van der Waals surface area contributed by atoms with Crippen molar-refractivity contribution in [2.24, 2.45) is 0 Å². The summed E-state index contributed by atoms with van der Waals surface area (Å²) >= 11 is 6.70. The van der Waals surface area contributed by atoms with Crippen LogP contribution >= 0.6 is 11.6 Å². The fourth-order valence-corrected chi connectivity index (χ4v) is 6.89. The Hall–Kier alpha value is -2.90. The number of allylic oxidation sites excluding steroid dienone is 2. The number of halogens is 1. The molecule has 2 fully saturated rings. The van der Waals surface area contributed by atoms with Gasteiger partial charge in [-0.3, -0.25) is 14.9 Å². The number of carbonyl (C=O) groups is 3. The Bertz CT molecular complexity index is 1330. The second kappa shape index (κ2) is 13.4. The van der Waals surface area contributed by atoms with Crippen molar-refractivity contribution in [1.82, 2.24) is 10.6 Å². The van der Waals surface area contributed by atoms with Gasteiger partial charge in [0.2, 0.25) is 5.91 Å². The van der Waals surface area contributed by atoms with Gasteiger partial charge in [-0.1, -0.05) is 23.3 Å². The predicted molar refractivity (Wildman–Crippen MR) is 167 cm³/mol. The first-order valence-corrected chi connectivity index (χ1v) is 15.6. The van der Waals surface area contributed by atoms with Crippen LogP contribution < -0.4 is 20.3 Å². The third kappa shape index (κ3) is 7.25. The van der Waals surface area contributed by atoms with Gasteiger partial charge in [0.15, 0.2) is 5.72 Å². The molecule has 1 unspecified atom stereocenters. The third-order valence-electron chi connectivity index (χ3n) is 9.26. The topological polar surface area (TPSA) is 145 Å². The van der Waals surface area contributed by atoms with Crippen molar-refractivity contribution < 1.29 is 43.2 Å². The summed E-state index contributed by atoms with van der Waals surface area (Å²) in [4.78, 5) is 41.0. The van der Waals surface area contributed by atoms with Gasteiger partial charge in [0.1, 0.15) is 46.3 Å². The molecule has 12 nitrogen and oxygen atoms in total. The molecule has 1 aromatic carbocycles. The van der Waals surface area contributed by atoms with Gasteiger partial charge < -0.3 is 39.0 Å². The standard InChI is InChI=1S/C32H46ClN3O9/c1-18-10-9-11-23(42-8)32(40)16-25(44-29(39)35-32)31(4)17-30(3,45-31)24(43-28(38)19(2)34-5)15-26(37)36(6)21-13-20(12-18)14-22(41-7)27(21)33/h10,13-14,19,23-25,34,40H,9,11-12,15-17H2,1-8H3,(H,35,39)/b18-10+/t19-,23+,24-,25-,30+,31?,32-/m0/s1. The van der Waals surface area contributed by atoms with E-state index >= 15 is 0 Å². The Morgan fingerprint density at radius 2 is 1.91 bits per heavy atom. The van der Waals surface area contributed by atoms with Crippen molar-refractivity contribution in [2.45, 2.75) is 108 Å². The molecule has 1 aromatic rings. The minimum absolute atomic E-state index is 0.000433. The Morgan fingerprint density at radius 1 is 1.22 bits per heavy atom. The number of carbonyl (C=O) groups excluding carboxylic acids is 3. The molecule has 0 aliphatic carbocycles. The van der Waals surface area contributed by atoms with E-state index in [1.165, 1.54) is 19.1 Å². The average Bonchev–Trinajstić information content (AvgIpc) is 2.96. The zero-order valence-electron chi connectivity index (χ0n) is 27.3. The maximum absolute atomic E-state index is 13.8. The number of rotatable bonds is 5. The summed E-state index contributed by atoms with van der Waals surface area (Å²) in [6.07, 6.45) is 0.249. The molecule has 6 bridgehead atoms. The highest BCUT2D eigenvalue weighted by Crippen LogP contribution is 2.50. The molecule has 2 saturated heterocycles. The van der Waals surface area contributed by atoms with Gasteiger partial charge >= 0.3 is 12.1 Å². The van der Waals surface area contributed by atoms with Crippen LogP contribution in [0.15, 0.2) is 23.8 Å². The number of methoxy groups -OCH3 is 2. The highest BCUT2D eigenvalue weighted by molar-refractivity contribution is 6.35. The van der Waals surface area contributed by atoms with Crippen molar-refractivity contribution >= 4 is 35.3 Å². The van der Waals surface area contributed by atoms with Crippen molar-refractivity contribution in [1.29, 1.82) is 0 Å². The van der Waals surface area contributed by atoms with E-state index in [0.29, 0.717) is 30.7 Å².